The molecule has 0 radical (unpaired) electrons. The van der Waals surface area contributed by atoms with Gasteiger partial charge in [0.15, 0.2) is 0 Å². The van der Waals surface area contributed by atoms with Crippen LogP contribution in [0.3, 0.4) is 0 Å². The first-order valence-electron chi connectivity index (χ1n) is 7.63. The molecule has 2 heteroatoms. The monoisotopic (exact) mass is 239 g/mol. The summed E-state index contributed by atoms with van der Waals surface area (Å²) < 4.78 is 0. The van der Waals surface area contributed by atoms with Crippen LogP contribution < -0.4 is 5.32 Å². The molecule has 2 fully saturated rings. The van der Waals surface area contributed by atoms with E-state index in [2.05, 4.69) is 19.2 Å². The Hall–Kier alpha value is -0.0800. The molecule has 1 saturated heterocycles. The molecule has 100 valence electrons. The van der Waals surface area contributed by atoms with Gasteiger partial charge in [-0.1, -0.05) is 33.1 Å². The first kappa shape index (κ1) is 13.4. The Kier molecular flexibility index (Phi) is 4.87. The largest absolute Gasteiger partial charge is 0.393 e. The minimum absolute atomic E-state index is 0.0375. The minimum Gasteiger partial charge on any atom is -0.393 e. The van der Waals surface area contributed by atoms with Gasteiger partial charge in [0.25, 0.3) is 0 Å². The number of piperidine rings is 1. The zero-order chi connectivity index (χ0) is 12.3. The summed E-state index contributed by atoms with van der Waals surface area (Å²) in [5.74, 6) is 2.07. The molecule has 0 spiro atoms. The lowest BCUT2D eigenvalue weighted by Gasteiger charge is -2.40. The van der Waals surface area contributed by atoms with Crippen molar-refractivity contribution in [3.63, 3.8) is 0 Å². The Morgan fingerprint density at radius 2 is 1.94 bits per heavy atom. The number of nitrogens with one attached hydrogen (secondary N) is 1. The van der Waals surface area contributed by atoms with Crippen molar-refractivity contribution in [3.05, 3.63) is 0 Å². The van der Waals surface area contributed by atoms with Gasteiger partial charge in [0.2, 0.25) is 0 Å². The van der Waals surface area contributed by atoms with Crippen molar-refractivity contribution in [1.82, 2.24) is 5.32 Å². The molecule has 2 rings (SSSR count). The molecule has 0 amide bonds. The summed E-state index contributed by atoms with van der Waals surface area (Å²) in [6.45, 7) is 5.83. The van der Waals surface area contributed by atoms with Crippen molar-refractivity contribution in [2.24, 2.45) is 17.8 Å². The molecular weight excluding hydrogens is 210 g/mol. The molecule has 0 unspecified atom stereocenters. The van der Waals surface area contributed by atoms with Crippen LogP contribution in [0.4, 0.5) is 0 Å². The first-order chi connectivity index (χ1) is 8.22. The summed E-state index contributed by atoms with van der Waals surface area (Å²) in [7, 11) is 0. The summed E-state index contributed by atoms with van der Waals surface area (Å²) in [5.41, 5.74) is 0. The molecule has 0 aromatic carbocycles. The van der Waals surface area contributed by atoms with Gasteiger partial charge in [-0.05, 0) is 50.0 Å². The lowest BCUT2D eigenvalue weighted by Crippen LogP contribution is -2.47. The highest BCUT2D eigenvalue weighted by molar-refractivity contribution is 4.88. The molecule has 17 heavy (non-hydrogen) atoms. The number of hydrogen-bond donors (Lipinski definition) is 2. The summed E-state index contributed by atoms with van der Waals surface area (Å²) in [5, 5.41) is 13.9. The predicted molar refractivity (Wildman–Crippen MR) is 71.9 cm³/mol. The lowest BCUT2D eigenvalue weighted by atomic mass is 9.73. The highest BCUT2D eigenvalue weighted by Gasteiger charge is 2.34. The van der Waals surface area contributed by atoms with Gasteiger partial charge >= 0.3 is 0 Å². The summed E-state index contributed by atoms with van der Waals surface area (Å²) in [4.78, 5) is 0. The van der Waals surface area contributed by atoms with Gasteiger partial charge in [-0.2, -0.15) is 0 Å². The second kappa shape index (κ2) is 6.19. The third-order valence-corrected chi connectivity index (χ3v) is 5.22. The summed E-state index contributed by atoms with van der Waals surface area (Å²) in [6, 6.07) is 0.649. The second-order valence-electron chi connectivity index (χ2n) is 6.24. The molecule has 1 heterocycles. The fourth-order valence-electron chi connectivity index (χ4n) is 3.79. The van der Waals surface area contributed by atoms with Crippen LogP contribution in [-0.4, -0.2) is 23.8 Å². The standard InChI is InChI=1S/C15H29NO/c1-3-12-8-9-14(16-10-12)11(2)13-6-4-5-7-15(13)17/h11-17H,3-10H2,1-2H3/t11-,12+,13+,14-,15-/m1/s1. The maximum absolute atomic E-state index is 10.1. The SMILES string of the molecule is CC[C@H]1CC[C@H]([C@H](C)[C@@H]2CCCC[C@H]2O)NC1. The van der Waals surface area contributed by atoms with E-state index in [1.54, 1.807) is 0 Å². The molecule has 2 N–H and O–H groups in total. The van der Waals surface area contributed by atoms with Crippen LogP contribution >= 0.6 is 0 Å². The Balaban J connectivity index is 1.85. The molecule has 2 aliphatic rings. The van der Waals surface area contributed by atoms with E-state index < -0.39 is 0 Å². The molecule has 0 aromatic rings. The summed E-state index contributed by atoms with van der Waals surface area (Å²) >= 11 is 0. The molecule has 5 atom stereocenters. The van der Waals surface area contributed by atoms with Crippen LogP contribution in [0.2, 0.25) is 0 Å². The molecule has 0 bridgehead atoms. The number of hydrogen-bond acceptors (Lipinski definition) is 2. The normalized spacial score (nSPS) is 41.1. The predicted octanol–water partition coefficient (Wildman–Crippen LogP) is 2.95. The fourth-order valence-corrected chi connectivity index (χ4v) is 3.79. The van der Waals surface area contributed by atoms with Gasteiger partial charge in [-0.15, -0.1) is 0 Å². The van der Waals surface area contributed by atoms with Crippen LogP contribution in [0, 0.1) is 17.8 Å². The number of aliphatic hydroxyl groups is 1. The molecule has 0 aromatic heterocycles. The zero-order valence-corrected chi connectivity index (χ0v) is 11.5. The van der Waals surface area contributed by atoms with E-state index >= 15 is 0 Å². The van der Waals surface area contributed by atoms with Crippen molar-refractivity contribution in [1.29, 1.82) is 0 Å². The number of rotatable bonds is 3. The average molecular weight is 239 g/mol. The van der Waals surface area contributed by atoms with E-state index in [1.165, 1.54) is 45.1 Å². The smallest absolute Gasteiger partial charge is 0.0571 e. The third kappa shape index (κ3) is 3.23. The van der Waals surface area contributed by atoms with E-state index in [-0.39, 0.29) is 6.10 Å². The van der Waals surface area contributed by atoms with Crippen molar-refractivity contribution in [2.75, 3.05) is 6.54 Å². The van der Waals surface area contributed by atoms with E-state index in [0.29, 0.717) is 17.9 Å². The van der Waals surface area contributed by atoms with Crippen LogP contribution in [0.25, 0.3) is 0 Å². The van der Waals surface area contributed by atoms with Crippen molar-refractivity contribution >= 4 is 0 Å². The minimum atomic E-state index is -0.0375. The third-order valence-electron chi connectivity index (χ3n) is 5.22. The van der Waals surface area contributed by atoms with E-state index in [1.807, 2.05) is 0 Å². The molecule has 2 nitrogen and oxygen atoms in total. The molecular formula is C15H29NO. The molecule has 1 aliphatic carbocycles. The Labute approximate surface area is 106 Å². The topological polar surface area (TPSA) is 32.3 Å². The number of aliphatic hydroxyl groups excluding tert-OH is 1. The quantitative estimate of drug-likeness (QED) is 0.793. The van der Waals surface area contributed by atoms with Crippen LogP contribution in [0.15, 0.2) is 0 Å². The second-order valence-corrected chi connectivity index (χ2v) is 6.24. The average Bonchev–Trinajstić information content (AvgIpc) is 2.39. The van der Waals surface area contributed by atoms with Crippen LogP contribution in [-0.2, 0) is 0 Å². The van der Waals surface area contributed by atoms with E-state index in [0.717, 1.165) is 12.3 Å². The maximum atomic E-state index is 10.1. The Morgan fingerprint density at radius 3 is 2.53 bits per heavy atom. The van der Waals surface area contributed by atoms with E-state index in [4.69, 9.17) is 0 Å². The first-order valence-corrected chi connectivity index (χ1v) is 7.63. The molecule has 1 saturated carbocycles. The van der Waals surface area contributed by atoms with Gasteiger partial charge in [0.1, 0.15) is 0 Å². The van der Waals surface area contributed by atoms with Crippen molar-refractivity contribution in [3.8, 4) is 0 Å². The van der Waals surface area contributed by atoms with Gasteiger partial charge in [-0.25, -0.2) is 0 Å². The van der Waals surface area contributed by atoms with Gasteiger partial charge < -0.3 is 10.4 Å². The van der Waals surface area contributed by atoms with Crippen molar-refractivity contribution < 1.29 is 5.11 Å². The fraction of sp³-hybridized carbons (Fsp3) is 1.00. The van der Waals surface area contributed by atoms with Crippen LogP contribution in [0.5, 0.6) is 0 Å². The maximum Gasteiger partial charge on any atom is 0.0571 e. The van der Waals surface area contributed by atoms with E-state index in [9.17, 15) is 5.11 Å². The highest BCUT2D eigenvalue weighted by atomic mass is 16.3. The zero-order valence-electron chi connectivity index (χ0n) is 11.5. The highest BCUT2D eigenvalue weighted by Crippen LogP contribution is 2.34. The van der Waals surface area contributed by atoms with Crippen molar-refractivity contribution in [2.45, 2.75) is 70.9 Å². The van der Waals surface area contributed by atoms with Gasteiger partial charge in [0, 0.05) is 6.04 Å². The summed E-state index contributed by atoms with van der Waals surface area (Å²) in [6.07, 6.45) is 8.75. The molecule has 1 aliphatic heterocycles. The Bertz CT molecular complexity index is 223. The van der Waals surface area contributed by atoms with Gasteiger partial charge in [0.05, 0.1) is 6.10 Å². The lowest BCUT2D eigenvalue weighted by molar-refractivity contribution is 0.0253. The Morgan fingerprint density at radius 1 is 1.18 bits per heavy atom. The van der Waals surface area contributed by atoms with Crippen LogP contribution in [0.1, 0.15) is 58.8 Å². The van der Waals surface area contributed by atoms with Gasteiger partial charge in [-0.3, -0.25) is 0 Å².